The third kappa shape index (κ3) is 3.00. The van der Waals surface area contributed by atoms with Crippen molar-refractivity contribution in [3.63, 3.8) is 0 Å². The van der Waals surface area contributed by atoms with Crippen LogP contribution in [0.1, 0.15) is 38.0 Å². The second kappa shape index (κ2) is 6.25. The lowest BCUT2D eigenvalue weighted by Crippen LogP contribution is -2.38. The van der Waals surface area contributed by atoms with Crippen molar-refractivity contribution >= 4 is 5.91 Å². The van der Waals surface area contributed by atoms with Gasteiger partial charge in [0.15, 0.2) is 0 Å². The van der Waals surface area contributed by atoms with Crippen LogP contribution in [0.2, 0.25) is 0 Å². The molecule has 0 bridgehead atoms. The number of aromatic nitrogens is 2. The maximum absolute atomic E-state index is 13.3. The van der Waals surface area contributed by atoms with Crippen LogP contribution >= 0.6 is 0 Å². The Morgan fingerprint density at radius 2 is 2.36 bits per heavy atom. The third-order valence-electron chi connectivity index (χ3n) is 3.95. The fourth-order valence-corrected chi connectivity index (χ4v) is 2.77. The number of amides is 1. The first-order chi connectivity index (χ1) is 10.7. The van der Waals surface area contributed by atoms with Gasteiger partial charge in [-0.3, -0.25) is 4.79 Å². The molecular weight excluding hydrogens is 285 g/mol. The zero-order chi connectivity index (χ0) is 15.5. The summed E-state index contributed by atoms with van der Waals surface area (Å²) in [6.45, 7) is 3.26. The predicted octanol–water partition coefficient (Wildman–Crippen LogP) is 2.99. The van der Waals surface area contributed by atoms with Gasteiger partial charge in [-0.15, -0.1) is 0 Å². The minimum atomic E-state index is -0.332. The Kier molecular flexibility index (Phi) is 4.18. The number of carbonyl (C=O) groups is 1. The standard InChI is InChI=1S/C16H18FN3O2/c1-2-14(21)20-8-4-6-12(10-20)16-18-15(19-22-16)11-5-3-7-13(17)9-11/h3,5,7,9,12H,2,4,6,8,10H2,1H3/t12-/m0/s1. The molecule has 1 atom stereocenters. The molecule has 0 aliphatic carbocycles. The van der Waals surface area contributed by atoms with Crippen molar-refractivity contribution in [2.45, 2.75) is 32.1 Å². The van der Waals surface area contributed by atoms with Crippen LogP contribution in [-0.4, -0.2) is 34.0 Å². The monoisotopic (exact) mass is 303 g/mol. The zero-order valence-electron chi connectivity index (χ0n) is 12.5. The van der Waals surface area contributed by atoms with E-state index in [-0.39, 0.29) is 17.6 Å². The number of likely N-dealkylation sites (tertiary alicyclic amines) is 1. The van der Waals surface area contributed by atoms with Crippen molar-refractivity contribution in [2.75, 3.05) is 13.1 Å². The maximum Gasteiger partial charge on any atom is 0.231 e. The first-order valence-electron chi connectivity index (χ1n) is 7.54. The quantitative estimate of drug-likeness (QED) is 0.874. The lowest BCUT2D eigenvalue weighted by Gasteiger charge is -2.30. The molecule has 1 aromatic heterocycles. The summed E-state index contributed by atoms with van der Waals surface area (Å²) < 4.78 is 18.6. The van der Waals surface area contributed by atoms with Crippen LogP contribution in [0.5, 0.6) is 0 Å². The highest BCUT2D eigenvalue weighted by Gasteiger charge is 2.28. The van der Waals surface area contributed by atoms with E-state index < -0.39 is 0 Å². The molecule has 5 nitrogen and oxygen atoms in total. The van der Waals surface area contributed by atoms with Gasteiger partial charge in [0.25, 0.3) is 0 Å². The molecule has 2 aromatic rings. The van der Waals surface area contributed by atoms with Crippen LogP contribution in [-0.2, 0) is 4.79 Å². The second-order valence-electron chi connectivity index (χ2n) is 5.50. The largest absolute Gasteiger partial charge is 0.342 e. The summed E-state index contributed by atoms with van der Waals surface area (Å²) in [4.78, 5) is 18.1. The fraction of sp³-hybridized carbons (Fsp3) is 0.438. The molecule has 1 aromatic carbocycles. The Labute approximate surface area is 128 Å². The summed E-state index contributed by atoms with van der Waals surface area (Å²) >= 11 is 0. The van der Waals surface area contributed by atoms with Crippen molar-refractivity contribution in [2.24, 2.45) is 0 Å². The van der Waals surface area contributed by atoms with Gasteiger partial charge in [0.05, 0.1) is 5.92 Å². The Balaban J connectivity index is 1.77. The number of piperidine rings is 1. The van der Waals surface area contributed by atoms with Crippen LogP contribution in [0, 0.1) is 5.82 Å². The van der Waals surface area contributed by atoms with E-state index in [0.717, 1.165) is 19.4 Å². The number of hydrogen-bond donors (Lipinski definition) is 0. The number of benzene rings is 1. The van der Waals surface area contributed by atoms with E-state index in [0.29, 0.717) is 30.2 Å². The molecule has 116 valence electrons. The lowest BCUT2D eigenvalue weighted by atomic mass is 9.97. The van der Waals surface area contributed by atoms with E-state index in [9.17, 15) is 9.18 Å². The maximum atomic E-state index is 13.3. The number of hydrogen-bond acceptors (Lipinski definition) is 4. The number of carbonyl (C=O) groups excluding carboxylic acids is 1. The van der Waals surface area contributed by atoms with Gasteiger partial charge in [0, 0.05) is 25.1 Å². The molecule has 1 saturated heterocycles. The van der Waals surface area contributed by atoms with E-state index in [2.05, 4.69) is 10.1 Å². The lowest BCUT2D eigenvalue weighted by molar-refractivity contribution is -0.132. The molecule has 0 radical (unpaired) electrons. The van der Waals surface area contributed by atoms with Gasteiger partial charge in [-0.25, -0.2) is 4.39 Å². The molecular formula is C16H18FN3O2. The molecule has 6 heteroatoms. The Morgan fingerprint density at radius 3 is 3.14 bits per heavy atom. The predicted molar refractivity (Wildman–Crippen MR) is 78.5 cm³/mol. The molecule has 2 heterocycles. The van der Waals surface area contributed by atoms with E-state index in [1.54, 1.807) is 12.1 Å². The van der Waals surface area contributed by atoms with Crippen molar-refractivity contribution in [3.05, 3.63) is 36.0 Å². The number of rotatable bonds is 3. The summed E-state index contributed by atoms with van der Waals surface area (Å²) in [5, 5.41) is 3.94. The van der Waals surface area contributed by atoms with Crippen LogP contribution in [0.25, 0.3) is 11.4 Å². The van der Waals surface area contributed by atoms with Gasteiger partial charge in [-0.2, -0.15) is 4.98 Å². The van der Waals surface area contributed by atoms with Crippen molar-refractivity contribution < 1.29 is 13.7 Å². The smallest absolute Gasteiger partial charge is 0.231 e. The molecule has 0 spiro atoms. The SMILES string of the molecule is CCC(=O)N1CCC[C@H](c2nc(-c3cccc(F)c3)no2)C1. The Bertz CT molecular complexity index is 671. The molecule has 0 saturated carbocycles. The molecule has 3 rings (SSSR count). The summed E-state index contributed by atoms with van der Waals surface area (Å²) in [5.74, 6) is 0.774. The third-order valence-corrected chi connectivity index (χ3v) is 3.95. The Hall–Kier alpha value is -2.24. The summed E-state index contributed by atoms with van der Waals surface area (Å²) in [7, 11) is 0. The first-order valence-corrected chi connectivity index (χ1v) is 7.54. The molecule has 1 aliphatic heterocycles. The zero-order valence-corrected chi connectivity index (χ0v) is 12.5. The number of halogens is 1. The molecule has 0 unspecified atom stereocenters. The highest BCUT2D eigenvalue weighted by molar-refractivity contribution is 5.76. The molecule has 1 fully saturated rings. The normalized spacial score (nSPS) is 18.5. The van der Waals surface area contributed by atoms with Gasteiger partial charge in [-0.1, -0.05) is 24.2 Å². The highest BCUT2D eigenvalue weighted by Crippen LogP contribution is 2.28. The summed E-state index contributed by atoms with van der Waals surface area (Å²) in [5.41, 5.74) is 0.590. The van der Waals surface area contributed by atoms with E-state index in [1.807, 2.05) is 11.8 Å². The van der Waals surface area contributed by atoms with Crippen molar-refractivity contribution in [1.82, 2.24) is 15.0 Å². The van der Waals surface area contributed by atoms with Gasteiger partial charge in [-0.05, 0) is 25.0 Å². The van der Waals surface area contributed by atoms with E-state index >= 15 is 0 Å². The average Bonchev–Trinajstić information content (AvgIpc) is 3.04. The van der Waals surface area contributed by atoms with Crippen molar-refractivity contribution in [1.29, 1.82) is 0 Å². The van der Waals surface area contributed by atoms with Gasteiger partial charge < -0.3 is 9.42 Å². The minimum Gasteiger partial charge on any atom is -0.342 e. The second-order valence-corrected chi connectivity index (χ2v) is 5.50. The Morgan fingerprint density at radius 1 is 1.50 bits per heavy atom. The van der Waals surface area contributed by atoms with Crippen LogP contribution < -0.4 is 0 Å². The topological polar surface area (TPSA) is 59.2 Å². The van der Waals surface area contributed by atoms with E-state index in [4.69, 9.17) is 4.52 Å². The fourth-order valence-electron chi connectivity index (χ4n) is 2.77. The van der Waals surface area contributed by atoms with Crippen molar-refractivity contribution in [3.8, 4) is 11.4 Å². The van der Waals surface area contributed by atoms with Crippen LogP contribution in [0.4, 0.5) is 4.39 Å². The van der Waals surface area contributed by atoms with Gasteiger partial charge in [0.2, 0.25) is 17.6 Å². The summed E-state index contributed by atoms with van der Waals surface area (Å²) in [6, 6.07) is 6.11. The minimum absolute atomic E-state index is 0.0547. The molecule has 22 heavy (non-hydrogen) atoms. The summed E-state index contributed by atoms with van der Waals surface area (Å²) in [6.07, 6.45) is 2.34. The van der Waals surface area contributed by atoms with Crippen LogP contribution in [0.3, 0.4) is 0 Å². The molecule has 1 aliphatic rings. The highest BCUT2D eigenvalue weighted by atomic mass is 19.1. The van der Waals surface area contributed by atoms with Gasteiger partial charge >= 0.3 is 0 Å². The first kappa shape index (κ1) is 14.7. The van der Waals surface area contributed by atoms with Gasteiger partial charge in [0.1, 0.15) is 5.82 Å². The molecule has 0 N–H and O–H groups in total. The van der Waals surface area contributed by atoms with E-state index in [1.165, 1.54) is 12.1 Å². The van der Waals surface area contributed by atoms with Crippen LogP contribution in [0.15, 0.2) is 28.8 Å². The molecule has 1 amide bonds. The number of nitrogens with zero attached hydrogens (tertiary/aromatic N) is 3. The average molecular weight is 303 g/mol.